The van der Waals surface area contributed by atoms with Gasteiger partial charge in [-0.2, -0.15) is 0 Å². The first kappa shape index (κ1) is 15.0. The summed E-state index contributed by atoms with van der Waals surface area (Å²) < 4.78 is 0. The Balaban J connectivity index is 2.05. The predicted molar refractivity (Wildman–Crippen MR) is 84.0 cm³/mol. The molecular weight excluding hydrogens is 264 g/mol. The number of carbonyl (C=O) groups excluding carboxylic acids is 1. The number of anilines is 1. The smallest absolute Gasteiger partial charge is 0.222 e. The molecule has 0 saturated carbocycles. The van der Waals surface area contributed by atoms with Gasteiger partial charge in [0.2, 0.25) is 11.9 Å². The molecule has 5 heteroatoms. The molecule has 0 radical (unpaired) electrons. The number of rotatable bonds is 5. The summed E-state index contributed by atoms with van der Waals surface area (Å²) in [4.78, 5) is 19.4. The summed E-state index contributed by atoms with van der Waals surface area (Å²) in [5, 5.41) is 5.78. The fraction of sp³-hybridized carbons (Fsp3) is 0.312. The van der Waals surface area contributed by atoms with Crippen LogP contribution in [0, 0.1) is 0 Å². The zero-order valence-corrected chi connectivity index (χ0v) is 12.6. The third-order valence-electron chi connectivity index (χ3n) is 3.15. The average Bonchev–Trinajstić information content (AvgIpc) is 2.47. The van der Waals surface area contributed by atoms with Crippen molar-refractivity contribution in [1.29, 1.82) is 0 Å². The van der Waals surface area contributed by atoms with E-state index in [2.05, 4.69) is 32.7 Å². The van der Waals surface area contributed by atoms with Crippen molar-refractivity contribution in [2.24, 2.45) is 0 Å². The summed E-state index contributed by atoms with van der Waals surface area (Å²) >= 11 is 0. The van der Waals surface area contributed by atoms with Gasteiger partial charge in [0.05, 0.1) is 0 Å². The van der Waals surface area contributed by atoms with E-state index in [-0.39, 0.29) is 11.9 Å². The lowest BCUT2D eigenvalue weighted by molar-refractivity contribution is -0.119. The predicted octanol–water partition coefficient (Wildman–Crippen LogP) is 2.25. The SMILES string of the molecule is CNc1ncc(-c2ccc(CC(C)NC(C)=O)cc2)cn1. The first-order valence-corrected chi connectivity index (χ1v) is 6.94. The van der Waals surface area contributed by atoms with Gasteiger partial charge in [-0.25, -0.2) is 9.97 Å². The Hall–Kier alpha value is -2.43. The zero-order chi connectivity index (χ0) is 15.2. The molecule has 2 rings (SSSR count). The van der Waals surface area contributed by atoms with Crippen molar-refractivity contribution in [3.63, 3.8) is 0 Å². The van der Waals surface area contributed by atoms with Crippen LogP contribution in [0.5, 0.6) is 0 Å². The first-order valence-electron chi connectivity index (χ1n) is 6.94. The van der Waals surface area contributed by atoms with E-state index in [1.54, 1.807) is 19.4 Å². The van der Waals surface area contributed by atoms with E-state index >= 15 is 0 Å². The minimum Gasteiger partial charge on any atom is -0.357 e. The minimum atomic E-state index is 0.000826. The van der Waals surface area contributed by atoms with Crippen LogP contribution in [0.4, 0.5) is 5.95 Å². The second-order valence-electron chi connectivity index (χ2n) is 5.05. The number of aromatic nitrogens is 2. The maximum absolute atomic E-state index is 11.0. The van der Waals surface area contributed by atoms with Gasteiger partial charge in [-0.15, -0.1) is 0 Å². The first-order chi connectivity index (χ1) is 10.1. The highest BCUT2D eigenvalue weighted by atomic mass is 16.1. The quantitative estimate of drug-likeness (QED) is 0.883. The summed E-state index contributed by atoms with van der Waals surface area (Å²) in [5.74, 6) is 0.611. The second-order valence-corrected chi connectivity index (χ2v) is 5.05. The summed E-state index contributed by atoms with van der Waals surface area (Å²) in [6.07, 6.45) is 4.41. The van der Waals surface area contributed by atoms with E-state index in [1.807, 2.05) is 19.1 Å². The monoisotopic (exact) mass is 284 g/mol. The zero-order valence-electron chi connectivity index (χ0n) is 12.6. The van der Waals surface area contributed by atoms with E-state index in [9.17, 15) is 4.79 Å². The molecule has 1 amide bonds. The van der Waals surface area contributed by atoms with Crippen LogP contribution in [0.2, 0.25) is 0 Å². The van der Waals surface area contributed by atoms with E-state index in [1.165, 1.54) is 12.5 Å². The molecule has 0 aliphatic carbocycles. The Labute approximate surface area is 124 Å². The number of benzene rings is 1. The highest BCUT2D eigenvalue weighted by Crippen LogP contribution is 2.19. The average molecular weight is 284 g/mol. The van der Waals surface area contributed by atoms with Crippen LogP contribution in [0.3, 0.4) is 0 Å². The van der Waals surface area contributed by atoms with E-state index in [4.69, 9.17) is 0 Å². The van der Waals surface area contributed by atoms with Crippen LogP contribution in [0.1, 0.15) is 19.4 Å². The molecule has 0 aliphatic rings. The Bertz CT molecular complexity index is 593. The lowest BCUT2D eigenvalue weighted by atomic mass is 10.0. The Kier molecular flexibility index (Phi) is 4.87. The molecule has 1 heterocycles. The molecule has 21 heavy (non-hydrogen) atoms. The van der Waals surface area contributed by atoms with Gasteiger partial charge in [-0.3, -0.25) is 4.79 Å². The molecule has 0 spiro atoms. The standard InChI is InChI=1S/C16H20N4O/c1-11(20-12(2)21)8-13-4-6-14(7-5-13)15-9-18-16(17-3)19-10-15/h4-7,9-11H,8H2,1-3H3,(H,20,21)(H,17,18,19). The third-order valence-corrected chi connectivity index (χ3v) is 3.15. The summed E-state index contributed by atoms with van der Waals surface area (Å²) in [6.45, 7) is 3.54. The Morgan fingerprint density at radius 3 is 2.29 bits per heavy atom. The van der Waals surface area contributed by atoms with Crippen LogP contribution in [0.15, 0.2) is 36.7 Å². The summed E-state index contributed by atoms with van der Waals surface area (Å²) in [7, 11) is 1.79. The van der Waals surface area contributed by atoms with Crippen molar-refractivity contribution >= 4 is 11.9 Å². The molecule has 1 unspecified atom stereocenters. The van der Waals surface area contributed by atoms with Crippen molar-refractivity contribution in [2.45, 2.75) is 26.3 Å². The maximum Gasteiger partial charge on any atom is 0.222 e. The van der Waals surface area contributed by atoms with Crippen LogP contribution in [-0.4, -0.2) is 29.0 Å². The number of nitrogens with one attached hydrogen (secondary N) is 2. The molecule has 1 aromatic carbocycles. The second kappa shape index (κ2) is 6.83. The lowest BCUT2D eigenvalue weighted by Crippen LogP contribution is -2.31. The van der Waals surface area contributed by atoms with Crippen LogP contribution < -0.4 is 10.6 Å². The topological polar surface area (TPSA) is 66.9 Å². The van der Waals surface area contributed by atoms with Gasteiger partial charge in [0.15, 0.2) is 0 Å². The fourth-order valence-corrected chi connectivity index (χ4v) is 2.19. The Morgan fingerprint density at radius 1 is 1.14 bits per heavy atom. The van der Waals surface area contributed by atoms with Gasteiger partial charge in [0.25, 0.3) is 0 Å². The number of amides is 1. The number of hydrogen-bond donors (Lipinski definition) is 2. The van der Waals surface area contributed by atoms with Gasteiger partial charge < -0.3 is 10.6 Å². The van der Waals surface area contributed by atoms with E-state index < -0.39 is 0 Å². The molecule has 0 bridgehead atoms. The van der Waals surface area contributed by atoms with Crippen LogP contribution in [-0.2, 0) is 11.2 Å². The van der Waals surface area contributed by atoms with Crippen molar-refractivity contribution in [3.05, 3.63) is 42.2 Å². The van der Waals surface area contributed by atoms with E-state index in [0.29, 0.717) is 5.95 Å². The molecule has 110 valence electrons. The summed E-state index contributed by atoms with van der Waals surface area (Å²) in [5.41, 5.74) is 3.25. The molecule has 2 N–H and O–H groups in total. The van der Waals surface area contributed by atoms with Crippen LogP contribution in [0.25, 0.3) is 11.1 Å². The van der Waals surface area contributed by atoms with Gasteiger partial charge in [0, 0.05) is 38.0 Å². The molecule has 5 nitrogen and oxygen atoms in total. The van der Waals surface area contributed by atoms with E-state index in [0.717, 1.165) is 17.5 Å². The Morgan fingerprint density at radius 2 is 1.76 bits per heavy atom. The van der Waals surface area contributed by atoms with Gasteiger partial charge in [-0.05, 0) is 24.5 Å². The normalized spacial score (nSPS) is 11.8. The van der Waals surface area contributed by atoms with Crippen molar-refractivity contribution in [3.8, 4) is 11.1 Å². The molecule has 1 atom stereocenters. The largest absolute Gasteiger partial charge is 0.357 e. The highest BCUT2D eigenvalue weighted by Gasteiger charge is 2.05. The highest BCUT2D eigenvalue weighted by molar-refractivity contribution is 5.73. The molecule has 0 aliphatic heterocycles. The van der Waals surface area contributed by atoms with Crippen molar-refractivity contribution in [1.82, 2.24) is 15.3 Å². The number of nitrogens with zero attached hydrogens (tertiary/aromatic N) is 2. The molecule has 2 aromatic rings. The third kappa shape index (κ3) is 4.27. The van der Waals surface area contributed by atoms with Gasteiger partial charge >= 0.3 is 0 Å². The molecule has 0 saturated heterocycles. The fourth-order valence-electron chi connectivity index (χ4n) is 2.19. The summed E-state index contributed by atoms with van der Waals surface area (Å²) in [6, 6.07) is 8.37. The lowest BCUT2D eigenvalue weighted by Gasteiger charge is -2.12. The molecule has 0 fully saturated rings. The number of carbonyl (C=O) groups is 1. The van der Waals surface area contributed by atoms with Gasteiger partial charge in [0.1, 0.15) is 0 Å². The van der Waals surface area contributed by atoms with Gasteiger partial charge in [-0.1, -0.05) is 24.3 Å². The molecule has 1 aromatic heterocycles. The minimum absolute atomic E-state index is 0.000826. The van der Waals surface area contributed by atoms with Crippen molar-refractivity contribution in [2.75, 3.05) is 12.4 Å². The maximum atomic E-state index is 11.0. The number of hydrogen-bond acceptors (Lipinski definition) is 4. The van der Waals surface area contributed by atoms with Crippen molar-refractivity contribution < 1.29 is 4.79 Å². The van der Waals surface area contributed by atoms with Crippen LogP contribution >= 0.6 is 0 Å². The molecular formula is C16H20N4O.